The molecule has 0 radical (unpaired) electrons. The van der Waals surface area contributed by atoms with Crippen LogP contribution < -0.4 is 5.32 Å². The molecule has 0 aromatic carbocycles. The highest BCUT2D eigenvalue weighted by Gasteiger charge is 2.23. The zero-order valence-corrected chi connectivity index (χ0v) is 9.47. The quantitative estimate of drug-likeness (QED) is 0.663. The van der Waals surface area contributed by atoms with E-state index >= 15 is 0 Å². The standard InChI is InChI=1S/C12H25N/c1-10(2)12(13-3)11-8-6-4-5-7-9-11/h10-13H,4-9H2,1-3H3. The summed E-state index contributed by atoms with van der Waals surface area (Å²) in [7, 11) is 2.12. The lowest BCUT2D eigenvalue weighted by Gasteiger charge is -2.29. The van der Waals surface area contributed by atoms with E-state index in [9.17, 15) is 0 Å². The van der Waals surface area contributed by atoms with E-state index in [2.05, 4.69) is 26.2 Å². The molecular weight excluding hydrogens is 158 g/mol. The van der Waals surface area contributed by atoms with Gasteiger partial charge >= 0.3 is 0 Å². The number of rotatable bonds is 3. The van der Waals surface area contributed by atoms with Crippen LogP contribution in [0.2, 0.25) is 0 Å². The van der Waals surface area contributed by atoms with E-state index in [1.165, 1.54) is 38.5 Å². The molecular formula is C12H25N. The van der Waals surface area contributed by atoms with Gasteiger partial charge in [0.25, 0.3) is 0 Å². The molecule has 1 fully saturated rings. The molecule has 1 nitrogen and oxygen atoms in total. The lowest BCUT2D eigenvalue weighted by molar-refractivity contribution is 0.271. The molecule has 0 bridgehead atoms. The Morgan fingerprint density at radius 1 is 1.00 bits per heavy atom. The third-order valence-electron chi connectivity index (χ3n) is 3.46. The van der Waals surface area contributed by atoms with Gasteiger partial charge in [-0.3, -0.25) is 0 Å². The van der Waals surface area contributed by atoms with Crippen molar-refractivity contribution in [2.45, 2.75) is 58.4 Å². The average Bonchev–Trinajstić information content (AvgIpc) is 2.33. The second kappa shape index (κ2) is 5.64. The van der Waals surface area contributed by atoms with Gasteiger partial charge in [-0.1, -0.05) is 39.5 Å². The maximum atomic E-state index is 3.50. The zero-order chi connectivity index (χ0) is 9.68. The van der Waals surface area contributed by atoms with Gasteiger partial charge in [-0.25, -0.2) is 0 Å². The molecule has 0 heterocycles. The van der Waals surface area contributed by atoms with Gasteiger partial charge in [-0.2, -0.15) is 0 Å². The molecule has 0 aromatic rings. The van der Waals surface area contributed by atoms with Crippen molar-refractivity contribution in [3.05, 3.63) is 0 Å². The maximum Gasteiger partial charge on any atom is 0.0115 e. The van der Waals surface area contributed by atoms with Crippen LogP contribution in [0.4, 0.5) is 0 Å². The van der Waals surface area contributed by atoms with Gasteiger partial charge in [0, 0.05) is 6.04 Å². The first kappa shape index (κ1) is 11.0. The van der Waals surface area contributed by atoms with Gasteiger partial charge in [0.15, 0.2) is 0 Å². The summed E-state index contributed by atoms with van der Waals surface area (Å²) < 4.78 is 0. The minimum atomic E-state index is 0.748. The minimum absolute atomic E-state index is 0.748. The van der Waals surface area contributed by atoms with Crippen LogP contribution in [0.3, 0.4) is 0 Å². The normalized spacial score (nSPS) is 23.1. The largest absolute Gasteiger partial charge is 0.316 e. The molecule has 1 aliphatic carbocycles. The Morgan fingerprint density at radius 2 is 1.54 bits per heavy atom. The Hall–Kier alpha value is -0.0400. The Morgan fingerprint density at radius 3 is 1.92 bits per heavy atom. The summed E-state index contributed by atoms with van der Waals surface area (Å²) in [6.45, 7) is 4.68. The average molecular weight is 183 g/mol. The van der Waals surface area contributed by atoms with Gasteiger partial charge in [-0.15, -0.1) is 0 Å². The predicted molar refractivity (Wildman–Crippen MR) is 58.9 cm³/mol. The van der Waals surface area contributed by atoms with Crippen molar-refractivity contribution in [2.24, 2.45) is 11.8 Å². The summed E-state index contributed by atoms with van der Waals surface area (Å²) in [5.74, 6) is 1.72. The highest BCUT2D eigenvalue weighted by Crippen LogP contribution is 2.28. The molecule has 13 heavy (non-hydrogen) atoms. The SMILES string of the molecule is CNC(C(C)C)C1CCCCCC1. The fourth-order valence-electron chi connectivity index (χ4n) is 2.78. The van der Waals surface area contributed by atoms with Crippen LogP contribution in [-0.2, 0) is 0 Å². The van der Waals surface area contributed by atoms with Crippen LogP contribution in [0.1, 0.15) is 52.4 Å². The second-order valence-electron chi connectivity index (χ2n) is 4.81. The van der Waals surface area contributed by atoms with Crippen molar-refractivity contribution in [3.8, 4) is 0 Å². The summed E-state index contributed by atoms with van der Waals surface area (Å²) in [6.07, 6.45) is 8.73. The number of hydrogen-bond donors (Lipinski definition) is 1. The summed E-state index contributed by atoms with van der Waals surface area (Å²) in [5, 5.41) is 3.50. The van der Waals surface area contributed by atoms with Crippen LogP contribution in [0.5, 0.6) is 0 Å². The van der Waals surface area contributed by atoms with E-state index in [4.69, 9.17) is 0 Å². The van der Waals surface area contributed by atoms with Gasteiger partial charge in [0.05, 0.1) is 0 Å². The van der Waals surface area contributed by atoms with Gasteiger partial charge in [-0.05, 0) is 31.7 Å². The molecule has 0 spiro atoms. The molecule has 1 atom stereocenters. The molecule has 1 rings (SSSR count). The maximum absolute atomic E-state index is 3.50. The van der Waals surface area contributed by atoms with Crippen LogP contribution >= 0.6 is 0 Å². The summed E-state index contributed by atoms with van der Waals surface area (Å²) in [5.41, 5.74) is 0. The van der Waals surface area contributed by atoms with Gasteiger partial charge in [0.2, 0.25) is 0 Å². The molecule has 0 amide bonds. The number of hydrogen-bond acceptors (Lipinski definition) is 1. The molecule has 1 N–H and O–H groups in total. The molecule has 1 heteroatoms. The molecule has 1 aliphatic rings. The van der Waals surface area contributed by atoms with Crippen molar-refractivity contribution in [3.63, 3.8) is 0 Å². The van der Waals surface area contributed by atoms with E-state index < -0.39 is 0 Å². The highest BCUT2D eigenvalue weighted by atomic mass is 14.9. The van der Waals surface area contributed by atoms with E-state index in [0.29, 0.717) is 0 Å². The van der Waals surface area contributed by atoms with E-state index in [0.717, 1.165) is 17.9 Å². The molecule has 1 saturated carbocycles. The fourth-order valence-corrected chi connectivity index (χ4v) is 2.78. The first-order valence-electron chi connectivity index (χ1n) is 5.93. The molecule has 78 valence electrons. The third-order valence-corrected chi connectivity index (χ3v) is 3.46. The van der Waals surface area contributed by atoms with E-state index in [1.807, 2.05) is 0 Å². The van der Waals surface area contributed by atoms with Crippen molar-refractivity contribution in [1.82, 2.24) is 5.32 Å². The smallest absolute Gasteiger partial charge is 0.0115 e. The Bertz CT molecular complexity index is 123. The van der Waals surface area contributed by atoms with Crippen LogP contribution in [0, 0.1) is 11.8 Å². The molecule has 0 aromatic heterocycles. The highest BCUT2D eigenvalue weighted by molar-refractivity contribution is 4.79. The van der Waals surface area contributed by atoms with Crippen LogP contribution in [0.25, 0.3) is 0 Å². The first-order chi connectivity index (χ1) is 6.25. The monoisotopic (exact) mass is 183 g/mol. The summed E-state index contributed by atoms with van der Waals surface area (Å²) >= 11 is 0. The van der Waals surface area contributed by atoms with Gasteiger partial charge < -0.3 is 5.32 Å². The van der Waals surface area contributed by atoms with Crippen molar-refractivity contribution >= 4 is 0 Å². The second-order valence-corrected chi connectivity index (χ2v) is 4.81. The van der Waals surface area contributed by atoms with E-state index in [1.54, 1.807) is 0 Å². The van der Waals surface area contributed by atoms with E-state index in [-0.39, 0.29) is 0 Å². The predicted octanol–water partition coefficient (Wildman–Crippen LogP) is 3.20. The van der Waals surface area contributed by atoms with Crippen LogP contribution in [-0.4, -0.2) is 13.1 Å². The van der Waals surface area contributed by atoms with Gasteiger partial charge in [0.1, 0.15) is 0 Å². The minimum Gasteiger partial charge on any atom is -0.316 e. The summed E-state index contributed by atoms with van der Waals surface area (Å²) in [4.78, 5) is 0. The zero-order valence-electron chi connectivity index (χ0n) is 9.47. The Labute approximate surface area is 83.3 Å². The van der Waals surface area contributed by atoms with Crippen LogP contribution in [0.15, 0.2) is 0 Å². The third kappa shape index (κ3) is 3.30. The topological polar surface area (TPSA) is 12.0 Å². The number of nitrogens with one attached hydrogen (secondary N) is 1. The Balaban J connectivity index is 2.45. The molecule has 1 unspecified atom stereocenters. The Kier molecular flexibility index (Phi) is 4.79. The first-order valence-corrected chi connectivity index (χ1v) is 5.93. The van der Waals surface area contributed by atoms with Crippen molar-refractivity contribution in [2.75, 3.05) is 7.05 Å². The summed E-state index contributed by atoms with van der Waals surface area (Å²) in [6, 6.07) is 0.748. The fraction of sp³-hybridized carbons (Fsp3) is 1.00. The molecule has 0 saturated heterocycles. The lowest BCUT2D eigenvalue weighted by atomic mass is 9.85. The van der Waals surface area contributed by atoms with Crippen molar-refractivity contribution in [1.29, 1.82) is 0 Å². The molecule has 0 aliphatic heterocycles. The van der Waals surface area contributed by atoms with Crippen molar-refractivity contribution < 1.29 is 0 Å². The lowest BCUT2D eigenvalue weighted by Crippen LogP contribution is -2.37.